The zero-order valence-electron chi connectivity index (χ0n) is 18.3. The lowest BCUT2D eigenvalue weighted by Gasteiger charge is -2.13. The second-order valence-electron chi connectivity index (χ2n) is 7.95. The molecule has 32 heavy (non-hydrogen) atoms. The molecule has 5 rings (SSSR count). The van der Waals surface area contributed by atoms with Gasteiger partial charge in [-0.1, -0.05) is 12.1 Å². The maximum atomic E-state index is 9.05. The fourth-order valence-corrected chi connectivity index (χ4v) is 4.29. The second kappa shape index (κ2) is 7.89. The van der Waals surface area contributed by atoms with Crippen LogP contribution in [0.1, 0.15) is 28.1 Å². The molecule has 7 heteroatoms. The first kappa shape index (κ1) is 19.9. The molecule has 4 aromatic rings. The van der Waals surface area contributed by atoms with E-state index in [-0.39, 0.29) is 0 Å². The summed E-state index contributed by atoms with van der Waals surface area (Å²) >= 11 is 0. The van der Waals surface area contributed by atoms with Crippen molar-refractivity contribution in [2.24, 2.45) is 0 Å². The molecule has 0 amide bonds. The Morgan fingerprint density at radius 2 is 1.94 bits per heavy atom. The molecule has 1 N–H and O–H groups in total. The van der Waals surface area contributed by atoms with Gasteiger partial charge in [0.05, 0.1) is 42.4 Å². The average Bonchev–Trinajstić information content (AvgIpc) is 3.46. The van der Waals surface area contributed by atoms with E-state index in [1.165, 1.54) is 5.56 Å². The second-order valence-corrected chi connectivity index (χ2v) is 7.95. The molecule has 0 bridgehead atoms. The number of nitriles is 1. The molecular formula is C25H23N5O2. The van der Waals surface area contributed by atoms with E-state index in [9.17, 15) is 0 Å². The minimum atomic E-state index is 0.500. The average molecular weight is 425 g/mol. The fraction of sp³-hybridized carbons (Fsp3) is 0.240. The molecule has 0 fully saturated rings. The van der Waals surface area contributed by atoms with Gasteiger partial charge in [0.2, 0.25) is 0 Å². The molecule has 1 aliphatic rings. The molecule has 0 radical (unpaired) electrons. The van der Waals surface area contributed by atoms with E-state index in [0.717, 1.165) is 51.6 Å². The number of hydrogen-bond donors (Lipinski definition) is 1. The first-order valence-electron chi connectivity index (χ1n) is 10.5. The fourth-order valence-electron chi connectivity index (χ4n) is 4.29. The van der Waals surface area contributed by atoms with Crippen LogP contribution in [0.2, 0.25) is 0 Å². The van der Waals surface area contributed by atoms with Crippen molar-refractivity contribution >= 4 is 0 Å². The summed E-state index contributed by atoms with van der Waals surface area (Å²) in [7, 11) is 1.65. The van der Waals surface area contributed by atoms with Crippen molar-refractivity contribution in [3.63, 3.8) is 0 Å². The van der Waals surface area contributed by atoms with Crippen LogP contribution in [0.25, 0.3) is 22.5 Å². The van der Waals surface area contributed by atoms with Gasteiger partial charge in [0.1, 0.15) is 6.61 Å². The van der Waals surface area contributed by atoms with Crippen molar-refractivity contribution in [3.8, 4) is 40.1 Å². The zero-order chi connectivity index (χ0) is 22.2. The first-order valence-corrected chi connectivity index (χ1v) is 10.5. The van der Waals surface area contributed by atoms with Crippen LogP contribution in [0, 0.1) is 25.2 Å². The molecule has 0 spiro atoms. The van der Waals surface area contributed by atoms with E-state index in [4.69, 9.17) is 14.7 Å². The summed E-state index contributed by atoms with van der Waals surface area (Å²) in [5.74, 6) is 1.42. The van der Waals surface area contributed by atoms with E-state index < -0.39 is 0 Å². The highest BCUT2D eigenvalue weighted by Crippen LogP contribution is 2.44. The number of benzene rings is 2. The summed E-state index contributed by atoms with van der Waals surface area (Å²) in [6.45, 7) is 5.21. The summed E-state index contributed by atoms with van der Waals surface area (Å²) in [5, 5.41) is 21.3. The normalized spacial score (nSPS) is 11.7. The van der Waals surface area contributed by atoms with Crippen molar-refractivity contribution in [3.05, 3.63) is 70.5 Å². The number of aromatic amines is 1. The Balaban J connectivity index is 1.39. The van der Waals surface area contributed by atoms with Crippen molar-refractivity contribution in [2.75, 3.05) is 13.7 Å². The highest BCUT2D eigenvalue weighted by Gasteiger charge is 2.27. The summed E-state index contributed by atoms with van der Waals surface area (Å²) in [5.41, 5.74) is 9.06. The van der Waals surface area contributed by atoms with Crippen LogP contribution in [0.5, 0.6) is 11.5 Å². The molecule has 1 aliphatic carbocycles. The molecule has 0 saturated carbocycles. The maximum Gasteiger partial charge on any atom is 0.161 e. The number of H-pyrrole nitrogens is 1. The monoisotopic (exact) mass is 425 g/mol. The smallest absolute Gasteiger partial charge is 0.161 e. The highest BCUT2D eigenvalue weighted by atomic mass is 16.5. The number of nitrogens with zero attached hydrogens (tertiary/aromatic N) is 4. The molecule has 2 heterocycles. The van der Waals surface area contributed by atoms with Gasteiger partial charge < -0.3 is 9.47 Å². The predicted molar refractivity (Wildman–Crippen MR) is 121 cm³/mol. The van der Waals surface area contributed by atoms with E-state index in [1.807, 2.05) is 48.9 Å². The quantitative estimate of drug-likeness (QED) is 0.435. The SMILES string of the molecule is COc1cc2c(cc1OCCn1nc(C)cc1C)Cc1c(-c3ccc(C#N)cc3)n[nH]c1-2. The number of methoxy groups -OCH3 is 1. The maximum absolute atomic E-state index is 9.05. The number of aryl methyl sites for hydroxylation is 2. The molecule has 7 nitrogen and oxygen atoms in total. The van der Waals surface area contributed by atoms with E-state index >= 15 is 0 Å². The van der Waals surface area contributed by atoms with Gasteiger partial charge in [0.15, 0.2) is 11.5 Å². The molecule has 0 atom stereocenters. The summed E-state index contributed by atoms with van der Waals surface area (Å²) in [6, 6.07) is 15.8. The van der Waals surface area contributed by atoms with Gasteiger partial charge in [-0.2, -0.15) is 15.5 Å². The number of fused-ring (bicyclic) bond motifs is 3. The van der Waals surface area contributed by atoms with Crippen LogP contribution in [-0.4, -0.2) is 33.7 Å². The molecule has 0 aliphatic heterocycles. The van der Waals surface area contributed by atoms with Gasteiger partial charge in [-0.25, -0.2) is 0 Å². The Bertz CT molecular complexity index is 1340. The van der Waals surface area contributed by atoms with Crippen LogP contribution in [0.15, 0.2) is 42.5 Å². The Morgan fingerprint density at radius 1 is 1.12 bits per heavy atom. The third kappa shape index (κ3) is 3.40. The Kier molecular flexibility index (Phi) is 4.91. The molecule has 2 aromatic heterocycles. The summed E-state index contributed by atoms with van der Waals surface area (Å²) < 4.78 is 13.7. The number of hydrogen-bond acceptors (Lipinski definition) is 5. The minimum absolute atomic E-state index is 0.500. The van der Waals surface area contributed by atoms with Crippen molar-refractivity contribution in [1.29, 1.82) is 5.26 Å². The van der Waals surface area contributed by atoms with Crippen LogP contribution in [0.4, 0.5) is 0 Å². The van der Waals surface area contributed by atoms with Crippen LogP contribution < -0.4 is 9.47 Å². The molecule has 0 saturated heterocycles. The third-order valence-electron chi connectivity index (χ3n) is 5.84. The summed E-state index contributed by atoms with van der Waals surface area (Å²) in [6.07, 6.45) is 0.758. The Morgan fingerprint density at radius 3 is 2.62 bits per heavy atom. The van der Waals surface area contributed by atoms with Crippen LogP contribution in [-0.2, 0) is 13.0 Å². The third-order valence-corrected chi connectivity index (χ3v) is 5.84. The Hall–Kier alpha value is -4.05. The lowest BCUT2D eigenvalue weighted by Crippen LogP contribution is -2.11. The molecular weight excluding hydrogens is 402 g/mol. The molecule has 2 aromatic carbocycles. The lowest BCUT2D eigenvalue weighted by atomic mass is 10.0. The van der Waals surface area contributed by atoms with Gasteiger partial charge in [0, 0.05) is 28.8 Å². The van der Waals surface area contributed by atoms with Crippen molar-refractivity contribution in [1.82, 2.24) is 20.0 Å². The Labute approximate surface area is 186 Å². The predicted octanol–water partition coefficient (Wildman–Crippen LogP) is 4.42. The van der Waals surface area contributed by atoms with E-state index in [2.05, 4.69) is 33.5 Å². The highest BCUT2D eigenvalue weighted by molar-refractivity contribution is 5.82. The van der Waals surface area contributed by atoms with Crippen LogP contribution >= 0.6 is 0 Å². The van der Waals surface area contributed by atoms with Gasteiger partial charge in [-0.3, -0.25) is 9.78 Å². The van der Waals surface area contributed by atoms with Crippen LogP contribution in [0.3, 0.4) is 0 Å². The van der Waals surface area contributed by atoms with Gasteiger partial charge >= 0.3 is 0 Å². The van der Waals surface area contributed by atoms with E-state index in [0.29, 0.717) is 24.5 Å². The first-order chi connectivity index (χ1) is 15.6. The van der Waals surface area contributed by atoms with E-state index in [1.54, 1.807) is 7.11 Å². The molecule has 160 valence electrons. The molecule has 0 unspecified atom stereocenters. The zero-order valence-corrected chi connectivity index (χ0v) is 18.3. The largest absolute Gasteiger partial charge is 0.493 e. The standard InChI is InChI=1S/C25H23N5O2/c1-15-10-16(2)30(29-15)8-9-32-23-12-19-11-21-24(18-6-4-17(14-26)5-7-18)27-28-25(21)20(19)13-22(23)31-3/h4-7,10,12-13H,8-9,11H2,1-3H3,(H,27,28). The topological polar surface area (TPSA) is 88.8 Å². The van der Waals surface area contributed by atoms with Gasteiger partial charge in [0.25, 0.3) is 0 Å². The van der Waals surface area contributed by atoms with Gasteiger partial charge in [-0.05, 0) is 49.7 Å². The number of ether oxygens (including phenoxy) is 2. The van der Waals surface area contributed by atoms with Crippen molar-refractivity contribution in [2.45, 2.75) is 26.8 Å². The number of rotatable bonds is 6. The van der Waals surface area contributed by atoms with Gasteiger partial charge in [-0.15, -0.1) is 0 Å². The number of nitrogens with one attached hydrogen (secondary N) is 1. The lowest BCUT2D eigenvalue weighted by molar-refractivity contribution is 0.273. The minimum Gasteiger partial charge on any atom is -0.493 e. The van der Waals surface area contributed by atoms with Crippen molar-refractivity contribution < 1.29 is 9.47 Å². The number of aromatic nitrogens is 4. The summed E-state index contributed by atoms with van der Waals surface area (Å²) in [4.78, 5) is 0.